The minimum Gasteiger partial charge on any atom is -0.423 e. The van der Waals surface area contributed by atoms with Gasteiger partial charge in [-0.1, -0.05) is 19.1 Å². The molecule has 1 saturated heterocycles. The summed E-state index contributed by atoms with van der Waals surface area (Å²) < 4.78 is 5.79. The van der Waals surface area contributed by atoms with E-state index in [0.29, 0.717) is 6.01 Å². The van der Waals surface area contributed by atoms with Gasteiger partial charge in [-0.3, -0.25) is 4.90 Å². The van der Waals surface area contributed by atoms with Gasteiger partial charge in [0.2, 0.25) is 0 Å². The lowest BCUT2D eigenvalue weighted by Gasteiger charge is -2.35. The normalized spacial score (nSPS) is 18.1. The number of nitriles is 1. The van der Waals surface area contributed by atoms with Gasteiger partial charge < -0.3 is 9.32 Å². The van der Waals surface area contributed by atoms with Crippen molar-refractivity contribution in [3.63, 3.8) is 0 Å². The van der Waals surface area contributed by atoms with E-state index < -0.39 is 0 Å². The van der Waals surface area contributed by atoms with E-state index in [2.05, 4.69) is 27.8 Å². The lowest BCUT2D eigenvalue weighted by molar-refractivity contribution is 0.213. The molecule has 0 amide bonds. The SMILES string of the molecule is CCC(C#N)N1CCN(c2nc3ccccc3o2)CC1. The molecule has 104 valence electrons. The van der Waals surface area contributed by atoms with Crippen molar-refractivity contribution in [2.75, 3.05) is 31.1 Å². The molecule has 1 fully saturated rings. The predicted octanol–water partition coefficient (Wildman–Crippen LogP) is 2.25. The van der Waals surface area contributed by atoms with E-state index in [-0.39, 0.29) is 6.04 Å². The fourth-order valence-electron chi connectivity index (χ4n) is 2.65. The van der Waals surface area contributed by atoms with Crippen molar-refractivity contribution >= 4 is 17.1 Å². The number of nitrogens with zero attached hydrogens (tertiary/aromatic N) is 4. The smallest absolute Gasteiger partial charge is 0.298 e. The number of hydrogen-bond acceptors (Lipinski definition) is 5. The lowest BCUT2D eigenvalue weighted by Crippen LogP contribution is -2.50. The number of anilines is 1. The molecule has 1 unspecified atom stereocenters. The van der Waals surface area contributed by atoms with Crippen LogP contribution in [0.5, 0.6) is 0 Å². The Morgan fingerprint density at radius 2 is 2.05 bits per heavy atom. The van der Waals surface area contributed by atoms with Gasteiger partial charge in [0, 0.05) is 26.2 Å². The molecule has 0 N–H and O–H groups in total. The van der Waals surface area contributed by atoms with Crippen molar-refractivity contribution in [2.45, 2.75) is 19.4 Å². The van der Waals surface area contributed by atoms with Gasteiger partial charge in [-0.25, -0.2) is 0 Å². The van der Waals surface area contributed by atoms with E-state index in [0.717, 1.165) is 43.7 Å². The average Bonchev–Trinajstić information content (AvgIpc) is 2.93. The number of oxazole rings is 1. The maximum atomic E-state index is 9.12. The van der Waals surface area contributed by atoms with Crippen molar-refractivity contribution in [1.29, 1.82) is 5.26 Å². The van der Waals surface area contributed by atoms with E-state index in [1.54, 1.807) is 0 Å². The fourth-order valence-corrected chi connectivity index (χ4v) is 2.65. The molecule has 5 heteroatoms. The zero-order valence-corrected chi connectivity index (χ0v) is 11.6. The number of piperazine rings is 1. The van der Waals surface area contributed by atoms with Crippen molar-refractivity contribution in [3.05, 3.63) is 24.3 Å². The zero-order chi connectivity index (χ0) is 13.9. The quantitative estimate of drug-likeness (QED) is 0.856. The Kier molecular flexibility index (Phi) is 3.57. The Balaban J connectivity index is 1.70. The Bertz CT molecular complexity index is 589. The second-order valence-electron chi connectivity index (χ2n) is 5.04. The molecule has 5 nitrogen and oxygen atoms in total. The summed E-state index contributed by atoms with van der Waals surface area (Å²) in [5, 5.41) is 9.12. The predicted molar refractivity (Wildman–Crippen MR) is 77.5 cm³/mol. The van der Waals surface area contributed by atoms with E-state index in [9.17, 15) is 0 Å². The first kappa shape index (κ1) is 12.9. The lowest BCUT2D eigenvalue weighted by atomic mass is 10.2. The summed E-state index contributed by atoms with van der Waals surface area (Å²) in [6.07, 6.45) is 0.874. The molecule has 2 aromatic rings. The summed E-state index contributed by atoms with van der Waals surface area (Å²) in [5.41, 5.74) is 1.72. The maximum Gasteiger partial charge on any atom is 0.298 e. The van der Waals surface area contributed by atoms with Gasteiger partial charge in [0.25, 0.3) is 6.01 Å². The molecular formula is C15H18N4O. The maximum absolute atomic E-state index is 9.12. The Morgan fingerprint density at radius 3 is 2.70 bits per heavy atom. The highest BCUT2D eigenvalue weighted by Gasteiger charge is 2.24. The van der Waals surface area contributed by atoms with E-state index in [1.165, 1.54) is 0 Å². The fraction of sp³-hybridized carbons (Fsp3) is 0.467. The highest BCUT2D eigenvalue weighted by molar-refractivity contribution is 5.74. The molecular weight excluding hydrogens is 252 g/mol. The molecule has 0 radical (unpaired) electrons. The summed E-state index contributed by atoms with van der Waals surface area (Å²) in [7, 11) is 0. The van der Waals surface area contributed by atoms with Crippen LogP contribution < -0.4 is 4.90 Å². The molecule has 20 heavy (non-hydrogen) atoms. The molecule has 3 rings (SSSR count). The Morgan fingerprint density at radius 1 is 1.30 bits per heavy atom. The molecule has 2 heterocycles. The highest BCUT2D eigenvalue weighted by atomic mass is 16.4. The second-order valence-corrected chi connectivity index (χ2v) is 5.04. The molecule has 1 aliphatic rings. The van der Waals surface area contributed by atoms with Gasteiger partial charge >= 0.3 is 0 Å². The first-order valence-electron chi connectivity index (χ1n) is 7.06. The minimum atomic E-state index is 0.0285. The summed E-state index contributed by atoms with van der Waals surface area (Å²) in [5.74, 6) is 0. The number of rotatable bonds is 3. The summed E-state index contributed by atoms with van der Waals surface area (Å²) in [4.78, 5) is 8.91. The molecule has 1 aromatic heterocycles. The molecule has 1 atom stereocenters. The molecule has 0 saturated carbocycles. The highest BCUT2D eigenvalue weighted by Crippen LogP contribution is 2.23. The number of hydrogen-bond donors (Lipinski definition) is 0. The third kappa shape index (κ3) is 2.35. The summed E-state index contributed by atoms with van der Waals surface area (Å²) in [6, 6.07) is 10.9. The van der Waals surface area contributed by atoms with Gasteiger partial charge in [-0.05, 0) is 18.6 Å². The van der Waals surface area contributed by atoms with Crippen LogP contribution in [0.1, 0.15) is 13.3 Å². The standard InChI is InChI=1S/C15H18N4O/c1-2-12(11-16)18-7-9-19(10-8-18)15-17-13-5-3-4-6-14(13)20-15/h3-6,12H,2,7-10H2,1H3. The van der Waals surface area contributed by atoms with Crippen molar-refractivity contribution in [3.8, 4) is 6.07 Å². The van der Waals surface area contributed by atoms with Crippen LogP contribution in [-0.4, -0.2) is 42.1 Å². The topological polar surface area (TPSA) is 56.3 Å². The number of benzene rings is 1. The Hall–Kier alpha value is -2.06. The molecule has 0 aliphatic carbocycles. The van der Waals surface area contributed by atoms with E-state index in [4.69, 9.17) is 9.68 Å². The molecule has 0 bridgehead atoms. The number of fused-ring (bicyclic) bond motifs is 1. The Labute approximate surface area is 118 Å². The number of aromatic nitrogens is 1. The van der Waals surface area contributed by atoms with E-state index in [1.807, 2.05) is 24.3 Å². The number of para-hydroxylation sites is 2. The third-order valence-corrected chi connectivity index (χ3v) is 3.84. The molecule has 0 spiro atoms. The van der Waals surface area contributed by atoms with Crippen molar-refractivity contribution < 1.29 is 4.42 Å². The van der Waals surface area contributed by atoms with Gasteiger partial charge in [-0.2, -0.15) is 10.2 Å². The molecule has 1 aromatic carbocycles. The van der Waals surface area contributed by atoms with Crippen LogP contribution in [0.3, 0.4) is 0 Å². The summed E-state index contributed by atoms with van der Waals surface area (Å²) in [6.45, 7) is 5.52. The van der Waals surface area contributed by atoms with Crippen LogP contribution in [0.25, 0.3) is 11.1 Å². The van der Waals surface area contributed by atoms with Gasteiger partial charge in [0.05, 0.1) is 12.1 Å². The third-order valence-electron chi connectivity index (χ3n) is 3.84. The largest absolute Gasteiger partial charge is 0.423 e. The van der Waals surface area contributed by atoms with Crippen LogP contribution in [0.15, 0.2) is 28.7 Å². The monoisotopic (exact) mass is 270 g/mol. The summed E-state index contributed by atoms with van der Waals surface area (Å²) >= 11 is 0. The van der Waals surface area contributed by atoms with Gasteiger partial charge in [0.15, 0.2) is 5.58 Å². The first-order valence-corrected chi connectivity index (χ1v) is 7.06. The minimum absolute atomic E-state index is 0.0285. The molecule has 1 aliphatic heterocycles. The van der Waals surface area contributed by atoms with Crippen LogP contribution >= 0.6 is 0 Å². The second kappa shape index (κ2) is 5.51. The van der Waals surface area contributed by atoms with Crippen molar-refractivity contribution in [1.82, 2.24) is 9.88 Å². The van der Waals surface area contributed by atoms with Crippen LogP contribution in [0.2, 0.25) is 0 Å². The zero-order valence-electron chi connectivity index (χ0n) is 11.6. The van der Waals surface area contributed by atoms with Crippen molar-refractivity contribution in [2.24, 2.45) is 0 Å². The van der Waals surface area contributed by atoms with Crippen LogP contribution in [0.4, 0.5) is 6.01 Å². The average molecular weight is 270 g/mol. The van der Waals surface area contributed by atoms with Crippen LogP contribution in [0, 0.1) is 11.3 Å². The first-order chi connectivity index (χ1) is 9.81. The van der Waals surface area contributed by atoms with E-state index >= 15 is 0 Å². The van der Waals surface area contributed by atoms with Gasteiger partial charge in [-0.15, -0.1) is 0 Å². The van der Waals surface area contributed by atoms with Crippen LogP contribution in [-0.2, 0) is 0 Å². The van der Waals surface area contributed by atoms with Gasteiger partial charge in [0.1, 0.15) is 5.52 Å².